The van der Waals surface area contributed by atoms with Crippen molar-refractivity contribution in [1.29, 1.82) is 0 Å². The predicted molar refractivity (Wildman–Crippen MR) is 110 cm³/mol. The van der Waals surface area contributed by atoms with Gasteiger partial charge in [-0.2, -0.15) is 0 Å². The Morgan fingerprint density at radius 3 is 2.38 bits per heavy atom. The number of carbonyl (C=O) groups excluding carboxylic acids is 1. The molecule has 0 aliphatic carbocycles. The minimum absolute atomic E-state index is 0.00201. The van der Waals surface area contributed by atoms with Crippen molar-refractivity contribution in [1.82, 2.24) is 9.62 Å². The first-order valence-electron chi connectivity index (χ1n) is 9.49. The van der Waals surface area contributed by atoms with Gasteiger partial charge in [0.2, 0.25) is 15.9 Å². The normalized spacial score (nSPS) is 15.2. The molecular formula is C21H26N2O5S. The standard InChI is InChI=1S/C21H26N2O5S/c1-27-18-9-8-16(20(15-18)28-2)14-21(24)23-12-10-17(11-13-23)22-29(25,26)19-6-4-3-5-7-19/h3-9,15,17,22H,10-14H2,1-2H3. The smallest absolute Gasteiger partial charge is 0.240 e. The number of carbonyl (C=O) groups is 1. The molecule has 0 saturated carbocycles. The van der Waals surface area contributed by atoms with Gasteiger partial charge in [0, 0.05) is 30.8 Å². The lowest BCUT2D eigenvalue weighted by molar-refractivity contribution is -0.131. The summed E-state index contributed by atoms with van der Waals surface area (Å²) in [5, 5.41) is 0. The van der Waals surface area contributed by atoms with Crippen molar-refractivity contribution in [2.75, 3.05) is 27.3 Å². The van der Waals surface area contributed by atoms with Gasteiger partial charge in [0.15, 0.2) is 0 Å². The van der Waals surface area contributed by atoms with Crippen LogP contribution in [0.15, 0.2) is 53.4 Å². The molecule has 0 spiro atoms. The number of nitrogens with zero attached hydrogens (tertiary/aromatic N) is 1. The number of sulfonamides is 1. The molecule has 1 N–H and O–H groups in total. The van der Waals surface area contributed by atoms with E-state index in [1.165, 1.54) is 0 Å². The minimum atomic E-state index is -3.54. The molecule has 2 aromatic rings. The first kappa shape index (κ1) is 21.1. The van der Waals surface area contributed by atoms with Gasteiger partial charge >= 0.3 is 0 Å². The van der Waals surface area contributed by atoms with Gasteiger partial charge in [-0.25, -0.2) is 13.1 Å². The maximum Gasteiger partial charge on any atom is 0.240 e. The van der Waals surface area contributed by atoms with E-state index in [0.29, 0.717) is 37.4 Å². The third-order valence-electron chi connectivity index (χ3n) is 5.06. The van der Waals surface area contributed by atoms with E-state index >= 15 is 0 Å². The molecule has 0 radical (unpaired) electrons. The van der Waals surface area contributed by atoms with Gasteiger partial charge in [-0.15, -0.1) is 0 Å². The second kappa shape index (κ2) is 9.28. The van der Waals surface area contributed by atoms with Crippen LogP contribution in [0.3, 0.4) is 0 Å². The number of rotatable bonds is 7. The Morgan fingerprint density at radius 2 is 1.76 bits per heavy atom. The third-order valence-corrected chi connectivity index (χ3v) is 6.60. The Bertz CT molecular complexity index is 939. The van der Waals surface area contributed by atoms with E-state index in [9.17, 15) is 13.2 Å². The van der Waals surface area contributed by atoms with E-state index in [2.05, 4.69) is 4.72 Å². The summed E-state index contributed by atoms with van der Waals surface area (Å²) in [5.74, 6) is 1.28. The predicted octanol–water partition coefficient (Wildman–Crippen LogP) is 2.22. The fourth-order valence-electron chi connectivity index (χ4n) is 3.41. The fraction of sp³-hybridized carbons (Fsp3) is 0.381. The molecule has 1 aliphatic heterocycles. The van der Waals surface area contributed by atoms with Crippen LogP contribution in [0.2, 0.25) is 0 Å². The van der Waals surface area contributed by atoms with Crippen LogP contribution in [0.4, 0.5) is 0 Å². The van der Waals surface area contributed by atoms with E-state index in [0.717, 1.165) is 5.56 Å². The number of likely N-dealkylation sites (tertiary alicyclic amines) is 1. The van der Waals surface area contributed by atoms with E-state index < -0.39 is 10.0 Å². The third kappa shape index (κ3) is 5.27. The molecule has 7 nitrogen and oxygen atoms in total. The summed E-state index contributed by atoms with van der Waals surface area (Å²) in [7, 11) is -0.402. The van der Waals surface area contributed by atoms with Gasteiger partial charge in [-0.05, 0) is 31.0 Å². The molecule has 0 bridgehead atoms. The van der Waals surface area contributed by atoms with Crippen LogP contribution >= 0.6 is 0 Å². The number of amides is 1. The lowest BCUT2D eigenvalue weighted by Crippen LogP contribution is -2.46. The highest BCUT2D eigenvalue weighted by Gasteiger charge is 2.27. The van der Waals surface area contributed by atoms with E-state index in [1.54, 1.807) is 61.6 Å². The van der Waals surface area contributed by atoms with Crippen molar-refractivity contribution >= 4 is 15.9 Å². The Hall–Kier alpha value is -2.58. The summed E-state index contributed by atoms with van der Waals surface area (Å²) in [6, 6.07) is 13.5. The van der Waals surface area contributed by atoms with Crippen LogP contribution in [-0.4, -0.2) is 52.6 Å². The molecule has 1 saturated heterocycles. The molecule has 3 rings (SSSR count). The molecule has 0 unspecified atom stereocenters. The molecule has 8 heteroatoms. The lowest BCUT2D eigenvalue weighted by atomic mass is 10.0. The number of hydrogen-bond donors (Lipinski definition) is 1. The van der Waals surface area contributed by atoms with E-state index in [-0.39, 0.29) is 23.3 Å². The van der Waals surface area contributed by atoms with Crippen LogP contribution in [0.1, 0.15) is 18.4 Å². The molecule has 156 valence electrons. The van der Waals surface area contributed by atoms with Crippen LogP contribution < -0.4 is 14.2 Å². The summed E-state index contributed by atoms with van der Waals surface area (Å²) in [6.45, 7) is 1.03. The van der Waals surface area contributed by atoms with E-state index in [4.69, 9.17) is 9.47 Å². The second-order valence-corrected chi connectivity index (χ2v) is 8.66. The monoisotopic (exact) mass is 418 g/mol. The number of benzene rings is 2. The topological polar surface area (TPSA) is 84.9 Å². The van der Waals surface area contributed by atoms with E-state index in [1.807, 2.05) is 6.07 Å². The van der Waals surface area contributed by atoms with Crippen molar-refractivity contribution in [2.45, 2.75) is 30.2 Å². The first-order valence-corrected chi connectivity index (χ1v) is 11.0. The van der Waals surface area contributed by atoms with Crippen molar-refractivity contribution in [3.63, 3.8) is 0 Å². The van der Waals surface area contributed by atoms with Crippen molar-refractivity contribution < 1.29 is 22.7 Å². The molecule has 1 aliphatic rings. The molecule has 29 heavy (non-hydrogen) atoms. The highest BCUT2D eigenvalue weighted by Crippen LogP contribution is 2.26. The number of piperidine rings is 1. The van der Waals surface area contributed by atoms with Crippen molar-refractivity contribution in [3.8, 4) is 11.5 Å². The summed E-state index contributed by atoms with van der Waals surface area (Å²) in [6.07, 6.45) is 1.39. The maximum atomic E-state index is 12.7. The summed E-state index contributed by atoms with van der Waals surface area (Å²) in [5.41, 5.74) is 0.796. The van der Waals surface area contributed by atoms with Gasteiger partial charge in [0.05, 0.1) is 25.5 Å². The second-order valence-electron chi connectivity index (χ2n) is 6.94. The van der Waals surface area contributed by atoms with Gasteiger partial charge in [-0.3, -0.25) is 4.79 Å². The molecule has 1 heterocycles. The number of ether oxygens (including phenoxy) is 2. The Balaban J connectivity index is 1.56. The van der Waals surface area contributed by atoms with Crippen molar-refractivity contribution in [2.24, 2.45) is 0 Å². The largest absolute Gasteiger partial charge is 0.497 e. The van der Waals surface area contributed by atoms with Crippen LogP contribution in [-0.2, 0) is 21.2 Å². The molecular weight excluding hydrogens is 392 g/mol. The quantitative estimate of drug-likeness (QED) is 0.745. The zero-order chi connectivity index (χ0) is 20.9. The Kier molecular flexibility index (Phi) is 6.76. The SMILES string of the molecule is COc1ccc(CC(=O)N2CCC(NS(=O)(=O)c3ccccc3)CC2)c(OC)c1. The highest BCUT2D eigenvalue weighted by molar-refractivity contribution is 7.89. The summed E-state index contributed by atoms with van der Waals surface area (Å²) < 4.78 is 38.2. The minimum Gasteiger partial charge on any atom is -0.497 e. The summed E-state index contributed by atoms with van der Waals surface area (Å²) in [4.78, 5) is 14.7. The molecule has 1 fully saturated rings. The zero-order valence-corrected chi connectivity index (χ0v) is 17.4. The zero-order valence-electron chi connectivity index (χ0n) is 16.6. The molecule has 1 amide bonds. The van der Waals surface area contributed by atoms with Gasteiger partial charge in [-0.1, -0.05) is 24.3 Å². The first-order chi connectivity index (χ1) is 13.9. The number of methoxy groups -OCH3 is 2. The fourth-order valence-corrected chi connectivity index (χ4v) is 4.73. The Labute approximate surface area is 171 Å². The maximum absolute atomic E-state index is 12.7. The summed E-state index contributed by atoms with van der Waals surface area (Å²) >= 11 is 0. The Morgan fingerprint density at radius 1 is 1.07 bits per heavy atom. The highest BCUT2D eigenvalue weighted by atomic mass is 32.2. The average Bonchev–Trinajstić information content (AvgIpc) is 2.75. The van der Waals surface area contributed by atoms with Crippen molar-refractivity contribution in [3.05, 3.63) is 54.1 Å². The average molecular weight is 419 g/mol. The van der Waals surface area contributed by atoms with Gasteiger partial charge in [0.1, 0.15) is 11.5 Å². The van der Waals surface area contributed by atoms with Gasteiger partial charge in [0.25, 0.3) is 0 Å². The molecule has 0 atom stereocenters. The lowest BCUT2D eigenvalue weighted by Gasteiger charge is -2.32. The van der Waals surface area contributed by atoms with Gasteiger partial charge < -0.3 is 14.4 Å². The van der Waals surface area contributed by atoms with Crippen LogP contribution in [0, 0.1) is 0 Å². The number of hydrogen-bond acceptors (Lipinski definition) is 5. The van der Waals surface area contributed by atoms with Crippen LogP contribution in [0.5, 0.6) is 11.5 Å². The molecule has 2 aromatic carbocycles. The number of nitrogens with one attached hydrogen (secondary N) is 1. The molecule has 0 aromatic heterocycles. The van der Waals surface area contributed by atoms with Crippen LogP contribution in [0.25, 0.3) is 0 Å².